The molecule has 1 saturated heterocycles. The molecule has 1 heterocycles. The van der Waals surface area contributed by atoms with Gasteiger partial charge in [0.2, 0.25) is 5.91 Å². The fraction of sp³-hybridized carbons (Fsp3) is 0.632. The Morgan fingerprint density at radius 3 is 2.40 bits per heavy atom. The third kappa shape index (κ3) is 5.05. The zero-order valence-corrected chi connectivity index (χ0v) is 15.7. The first-order valence-electron chi connectivity index (χ1n) is 9.18. The lowest BCUT2D eigenvalue weighted by atomic mass is 9.81. The monoisotopic (exact) mass is 364 g/mol. The quantitative estimate of drug-likeness (QED) is 0.867. The van der Waals surface area contributed by atoms with Gasteiger partial charge in [0.05, 0.1) is 18.1 Å². The molecule has 1 aromatic carbocycles. The van der Waals surface area contributed by atoms with Crippen LogP contribution in [0.1, 0.15) is 43.6 Å². The molecule has 2 aliphatic rings. The van der Waals surface area contributed by atoms with E-state index in [4.69, 9.17) is 0 Å². The van der Waals surface area contributed by atoms with Crippen LogP contribution in [0.3, 0.4) is 0 Å². The van der Waals surface area contributed by atoms with E-state index < -0.39 is 9.84 Å². The van der Waals surface area contributed by atoms with Crippen molar-refractivity contribution in [2.24, 2.45) is 0 Å². The number of hydrogen-bond donors (Lipinski definition) is 1. The summed E-state index contributed by atoms with van der Waals surface area (Å²) in [6.45, 7) is 0.344. The summed E-state index contributed by atoms with van der Waals surface area (Å²) in [7, 11) is -0.952. The van der Waals surface area contributed by atoms with Gasteiger partial charge in [0.1, 0.15) is 0 Å². The van der Waals surface area contributed by atoms with E-state index in [9.17, 15) is 13.2 Å². The van der Waals surface area contributed by atoms with Gasteiger partial charge in [0, 0.05) is 12.1 Å². The van der Waals surface area contributed by atoms with Crippen LogP contribution in [0.5, 0.6) is 0 Å². The molecule has 1 saturated carbocycles. The smallest absolute Gasteiger partial charge is 0.234 e. The minimum Gasteiger partial charge on any atom is -0.351 e. The van der Waals surface area contributed by atoms with E-state index in [0.717, 1.165) is 25.7 Å². The van der Waals surface area contributed by atoms with E-state index in [2.05, 4.69) is 40.5 Å². The molecule has 3 rings (SSSR count). The first kappa shape index (κ1) is 18.4. The van der Waals surface area contributed by atoms with Crippen LogP contribution in [0, 0.1) is 0 Å². The van der Waals surface area contributed by atoms with Crippen molar-refractivity contribution < 1.29 is 13.2 Å². The van der Waals surface area contributed by atoms with Crippen LogP contribution in [0.25, 0.3) is 0 Å². The molecule has 1 atom stereocenters. The number of nitrogens with zero attached hydrogens (tertiary/aromatic N) is 1. The highest BCUT2D eigenvalue weighted by molar-refractivity contribution is 7.91. The Kier molecular flexibility index (Phi) is 5.79. The van der Waals surface area contributed by atoms with Gasteiger partial charge in [0.25, 0.3) is 0 Å². The summed E-state index contributed by atoms with van der Waals surface area (Å²) in [6, 6.07) is 10.9. The standard InChI is InChI=1S/C19H28N2O3S/c1-21(13-19(22)20-17-11-12-25(23,24)14-17)18-9-7-16(8-10-18)15-5-3-2-4-6-15/h2-6,16-18H,7-14H2,1H3,(H,20,22). The number of likely N-dealkylation sites (N-methyl/N-ethyl adjacent to an activating group) is 1. The van der Waals surface area contributed by atoms with Crippen molar-refractivity contribution in [1.29, 1.82) is 0 Å². The number of carbonyl (C=O) groups excluding carboxylic acids is 1. The molecule has 6 heteroatoms. The van der Waals surface area contributed by atoms with Crippen LogP contribution in [-0.2, 0) is 14.6 Å². The van der Waals surface area contributed by atoms with Gasteiger partial charge in [-0.1, -0.05) is 30.3 Å². The SMILES string of the molecule is CN(CC(=O)NC1CCS(=O)(=O)C1)C1CCC(c2ccccc2)CC1. The van der Waals surface area contributed by atoms with Gasteiger partial charge in [-0.05, 0) is 50.6 Å². The molecule has 138 valence electrons. The predicted molar refractivity (Wildman–Crippen MR) is 99.3 cm³/mol. The molecule has 1 aliphatic heterocycles. The van der Waals surface area contributed by atoms with Crippen molar-refractivity contribution in [3.63, 3.8) is 0 Å². The van der Waals surface area contributed by atoms with Crippen molar-refractivity contribution >= 4 is 15.7 Å². The molecule has 0 spiro atoms. The molecule has 1 aromatic rings. The predicted octanol–water partition coefficient (Wildman–Crippen LogP) is 1.95. The van der Waals surface area contributed by atoms with Crippen molar-refractivity contribution in [3.8, 4) is 0 Å². The van der Waals surface area contributed by atoms with Gasteiger partial charge in [-0.15, -0.1) is 0 Å². The number of amides is 1. The highest BCUT2D eigenvalue weighted by Crippen LogP contribution is 2.34. The van der Waals surface area contributed by atoms with E-state index in [-0.39, 0.29) is 23.5 Å². The third-order valence-corrected chi connectivity index (χ3v) is 7.35. The van der Waals surface area contributed by atoms with E-state index >= 15 is 0 Å². The second kappa shape index (κ2) is 7.87. The highest BCUT2D eigenvalue weighted by Gasteiger charge is 2.30. The molecule has 1 N–H and O–H groups in total. The summed E-state index contributed by atoms with van der Waals surface area (Å²) in [6.07, 6.45) is 5.05. The lowest BCUT2D eigenvalue weighted by molar-refractivity contribution is -0.123. The van der Waals surface area contributed by atoms with Gasteiger partial charge >= 0.3 is 0 Å². The van der Waals surface area contributed by atoms with Crippen molar-refractivity contribution in [1.82, 2.24) is 10.2 Å². The molecule has 2 fully saturated rings. The zero-order chi connectivity index (χ0) is 17.9. The van der Waals surface area contributed by atoms with Crippen LogP contribution in [0.15, 0.2) is 30.3 Å². The Balaban J connectivity index is 1.43. The molecule has 0 bridgehead atoms. The topological polar surface area (TPSA) is 66.5 Å². The Labute approximate surface area is 150 Å². The van der Waals surface area contributed by atoms with Crippen LogP contribution in [-0.4, -0.2) is 56.4 Å². The lowest BCUT2D eigenvalue weighted by Gasteiger charge is -2.34. The van der Waals surface area contributed by atoms with Crippen molar-refractivity contribution in [2.75, 3.05) is 25.1 Å². The second-order valence-electron chi connectivity index (χ2n) is 7.50. The van der Waals surface area contributed by atoms with Gasteiger partial charge in [-0.25, -0.2) is 8.42 Å². The first-order valence-corrected chi connectivity index (χ1v) is 11.0. The number of carbonyl (C=O) groups is 1. The summed E-state index contributed by atoms with van der Waals surface area (Å²) in [5, 5.41) is 2.88. The molecular formula is C19H28N2O3S. The largest absolute Gasteiger partial charge is 0.351 e. The van der Waals surface area contributed by atoms with Crippen LogP contribution in [0.2, 0.25) is 0 Å². The summed E-state index contributed by atoms with van der Waals surface area (Å²) >= 11 is 0. The summed E-state index contributed by atoms with van der Waals surface area (Å²) in [4.78, 5) is 14.3. The lowest BCUT2D eigenvalue weighted by Crippen LogP contribution is -2.45. The van der Waals surface area contributed by atoms with Gasteiger partial charge in [-0.2, -0.15) is 0 Å². The Morgan fingerprint density at radius 1 is 1.12 bits per heavy atom. The van der Waals surface area contributed by atoms with Gasteiger partial charge in [0.15, 0.2) is 9.84 Å². The second-order valence-corrected chi connectivity index (χ2v) is 9.73. The molecule has 1 amide bonds. The Bertz CT molecular complexity index is 682. The Morgan fingerprint density at radius 2 is 1.80 bits per heavy atom. The molecule has 5 nitrogen and oxygen atoms in total. The van der Waals surface area contributed by atoms with E-state index in [1.807, 2.05) is 7.05 Å². The van der Waals surface area contributed by atoms with Crippen LogP contribution >= 0.6 is 0 Å². The Hall–Kier alpha value is -1.40. The van der Waals surface area contributed by atoms with Gasteiger partial charge < -0.3 is 5.32 Å². The molecule has 1 unspecified atom stereocenters. The maximum atomic E-state index is 12.2. The molecule has 25 heavy (non-hydrogen) atoms. The van der Waals surface area contributed by atoms with Crippen LogP contribution < -0.4 is 5.32 Å². The number of hydrogen-bond acceptors (Lipinski definition) is 4. The summed E-state index contributed by atoms with van der Waals surface area (Å²) < 4.78 is 23.0. The average Bonchev–Trinajstić information content (AvgIpc) is 2.94. The minimum absolute atomic E-state index is 0.0604. The maximum absolute atomic E-state index is 12.2. The summed E-state index contributed by atoms with van der Waals surface area (Å²) in [5.41, 5.74) is 1.42. The van der Waals surface area contributed by atoms with Crippen LogP contribution in [0.4, 0.5) is 0 Å². The number of sulfone groups is 1. The fourth-order valence-electron chi connectivity index (χ4n) is 4.11. The number of nitrogens with one attached hydrogen (secondary N) is 1. The maximum Gasteiger partial charge on any atom is 0.234 e. The molecule has 1 aliphatic carbocycles. The molecule has 0 radical (unpaired) electrons. The first-order chi connectivity index (χ1) is 11.9. The highest BCUT2D eigenvalue weighted by atomic mass is 32.2. The minimum atomic E-state index is -2.95. The zero-order valence-electron chi connectivity index (χ0n) is 14.9. The normalized spacial score (nSPS) is 28.8. The fourth-order valence-corrected chi connectivity index (χ4v) is 5.79. The van der Waals surface area contributed by atoms with Gasteiger partial charge in [-0.3, -0.25) is 9.69 Å². The van der Waals surface area contributed by atoms with Crippen molar-refractivity contribution in [3.05, 3.63) is 35.9 Å². The number of benzene rings is 1. The van der Waals surface area contributed by atoms with E-state index in [1.54, 1.807) is 0 Å². The number of rotatable bonds is 5. The molecular weight excluding hydrogens is 336 g/mol. The van der Waals surface area contributed by atoms with E-state index in [1.165, 1.54) is 5.56 Å². The van der Waals surface area contributed by atoms with E-state index in [0.29, 0.717) is 24.9 Å². The third-order valence-electron chi connectivity index (χ3n) is 5.58. The van der Waals surface area contributed by atoms with Crippen molar-refractivity contribution in [2.45, 2.75) is 50.1 Å². The summed E-state index contributed by atoms with van der Waals surface area (Å²) in [5.74, 6) is 0.847. The molecule has 0 aromatic heterocycles. The average molecular weight is 365 g/mol.